The van der Waals surface area contributed by atoms with Crippen LogP contribution in [0.1, 0.15) is 12.5 Å². The van der Waals surface area contributed by atoms with Crippen LogP contribution in [-0.4, -0.2) is 23.7 Å². The molecule has 1 N–H and O–H groups in total. The van der Waals surface area contributed by atoms with Crippen LogP contribution in [0.3, 0.4) is 0 Å². The molecule has 4 heteroatoms. The number of benzene rings is 1. The number of carboxylic acids is 1. The first-order valence-electron chi connectivity index (χ1n) is 5.95. The van der Waals surface area contributed by atoms with Crippen LogP contribution in [0.5, 0.6) is 0 Å². The van der Waals surface area contributed by atoms with Crippen LogP contribution in [-0.2, 0) is 14.3 Å². The fraction of sp³-hybridized carbons (Fsp3) is 0.125. The number of hydrogen-bond acceptors (Lipinski definition) is 3. The van der Waals surface area contributed by atoms with Crippen molar-refractivity contribution in [2.75, 3.05) is 6.61 Å². The van der Waals surface area contributed by atoms with E-state index in [-0.39, 0.29) is 5.97 Å². The Balaban J connectivity index is 0.000000621. The molecule has 1 rings (SSSR count). The molecule has 0 radical (unpaired) electrons. The van der Waals surface area contributed by atoms with E-state index in [0.29, 0.717) is 12.2 Å². The summed E-state index contributed by atoms with van der Waals surface area (Å²) in [5.41, 5.74) is 1.39. The summed E-state index contributed by atoms with van der Waals surface area (Å²) >= 11 is 0. The third kappa shape index (κ3) is 8.47. The molecule has 0 saturated carbocycles. The van der Waals surface area contributed by atoms with Gasteiger partial charge in [-0.15, -0.1) is 0 Å². The predicted molar refractivity (Wildman–Crippen MR) is 79.1 cm³/mol. The van der Waals surface area contributed by atoms with Gasteiger partial charge in [0.2, 0.25) is 0 Å². The minimum Gasteiger partial charge on any atom is -0.478 e. The molecule has 0 heterocycles. The van der Waals surface area contributed by atoms with E-state index >= 15 is 0 Å². The Kier molecular flexibility index (Phi) is 8.96. The highest BCUT2D eigenvalue weighted by atomic mass is 16.5. The van der Waals surface area contributed by atoms with Gasteiger partial charge in [0.25, 0.3) is 0 Å². The maximum Gasteiger partial charge on any atom is 0.337 e. The maximum atomic E-state index is 11.2. The van der Waals surface area contributed by atoms with Gasteiger partial charge in [0.05, 0.1) is 12.2 Å². The number of carbonyl (C=O) groups excluding carboxylic acids is 1. The second-order valence-corrected chi connectivity index (χ2v) is 3.53. The maximum absolute atomic E-state index is 11.2. The van der Waals surface area contributed by atoms with Crippen LogP contribution in [0.4, 0.5) is 0 Å². The third-order valence-electron chi connectivity index (χ3n) is 1.99. The normalized spacial score (nSPS) is 9.25. The summed E-state index contributed by atoms with van der Waals surface area (Å²) in [6.07, 6.45) is 4.33. The number of carboxylic acid groups (broad SMARTS) is 1. The monoisotopic (exact) mass is 274 g/mol. The van der Waals surface area contributed by atoms with Gasteiger partial charge >= 0.3 is 11.9 Å². The molecule has 0 amide bonds. The molecule has 0 aliphatic rings. The van der Waals surface area contributed by atoms with E-state index in [1.165, 1.54) is 0 Å². The Morgan fingerprint density at radius 2 is 1.85 bits per heavy atom. The van der Waals surface area contributed by atoms with Crippen LogP contribution in [0, 0.1) is 0 Å². The van der Waals surface area contributed by atoms with Gasteiger partial charge < -0.3 is 9.84 Å². The summed E-state index contributed by atoms with van der Waals surface area (Å²) in [4.78, 5) is 20.4. The van der Waals surface area contributed by atoms with Crippen LogP contribution < -0.4 is 0 Å². The smallest absolute Gasteiger partial charge is 0.337 e. The number of aliphatic carboxylic acids is 1. The molecule has 0 aliphatic carbocycles. The molecule has 4 nitrogen and oxygen atoms in total. The van der Waals surface area contributed by atoms with Crippen molar-refractivity contribution in [3.05, 3.63) is 66.8 Å². The highest BCUT2D eigenvalue weighted by molar-refractivity contribution is 5.92. The van der Waals surface area contributed by atoms with E-state index < -0.39 is 5.97 Å². The van der Waals surface area contributed by atoms with Gasteiger partial charge in [-0.3, -0.25) is 0 Å². The summed E-state index contributed by atoms with van der Waals surface area (Å²) in [5.74, 6) is -1.35. The Morgan fingerprint density at radius 3 is 2.30 bits per heavy atom. The van der Waals surface area contributed by atoms with Gasteiger partial charge in [-0.05, 0) is 18.6 Å². The molecular weight excluding hydrogens is 256 g/mol. The van der Waals surface area contributed by atoms with Crippen molar-refractivity contribution < 1.29 is 19.4 Å². The molecule has 0 unspecified atom stereocenters. The van der Waals surface area contributed by atoms with E-state index in [0.717, 1.165) is 11.6 Å². The van der Waals surface area contributed by atoms with E-state index in [1.807, 2.05) is 36.4 Å². The first kappa shape index (κ1) is 17.4. The largest absolute Gasteiger partial charge is 0.478 e. The number of esters is 1. The summed E-state index contributed by atoms with van der Waals surface area (Å²) in [7, 11) is 0. The third-order valence-corrected chi connectivity index (χ3v) is 1.99. The van der Waals surface area contributed by atoms with E-state index in [1.54, 1.807) is 13.0 Å². The zero-order valence-electron chi connectivity index (χ0n) is 11.4. The molecule has 0 spiro atoms. The lowest BCUT2D eigenvalue weighted by Gasteiger charge is -1.99. The second-order valence-electron chi connectivity index (χ2n) is 3.53. The molecule has 20 heavy (non-hydrogen) atoms. The van der Waals surface area contributed by atoms with Crippen molar-refractivity contribution in [2.45, 2.75) is 6.92 Å². The van der Waals surface area contributed by atoms with Gasteiger partial charge in [0.15, 0.2) is 0 Å². The Hall–Kier alpha value is -2.62. The zero-order chi connectivity index (χ0) is 15.4. The van der Waals surface area contributed by atoms with Gasteiger partial charge in [-0.2, -0.15) is 0 Å². The SMILES string of the molecule is C=C(C=Cc1ccccc1)C(=O)OCC.C=CC(=O)O. The fourth-order valence-corrected chi connectivity index (χ4v) is 1.05. The lowest BCUT2D eigenvalue weighted by molar-refractivity contribution is -0.138. The van der Waals surface area contributed by atoms with Crippen LogP contribution >= 0.6 is 0 Å². The average Bonchev–Trinajstić information content (AvgIpc) is 2.46. The first-order chi connectivity index (χ1) is 9.51. The molecule has 0 atom stereocenters. The average molecular weight is 274 g/mol. The summed E-state index contributed by atoms with van der Waals surface area (Å²) in [6, 6.07) is 9.72. The molecule has 106 valence electrons. The topological polar surface area (TPSA) is 63.6 Å². The van der Waals surface area contributed by atoms with Crippen molar-refractivity contribution >= 4 is 18.0 Å². The predicted octanol–water partition coefficient (Wildman–Crippen LogP) is 3.08. The lowest BCUT2D eigenvalue weighted by atomic mass is 10.2. The van der Waals surface area contributed by atoms with Crippen LogP contribution in [0.2, 0.25) is 0 Å². The Labute approximate surface area is 118 Å². The molecular formula is C16H18O4. The minimum atomic E-state index is -0.981. The molecule has 0 aromatic heterocycles. The zero-order valence-corrected chi connectivity index (χ0v) is 11.4. The van der Waals surface area contributed by atoms with Crippen molar-refractivity contribution in [1.82, 2.24) is 0 Å². The van der Waals surface area contributed by atoms with E-state index in [9.17, 15) is 9.59 Å². The number of rotatable bonds is 5. The standard InChI is InChI=1S/C13H14O2.C3H4O2/c1-3-15-13(14)11(2)9-10-12-7-5-4-6-8-12;1-2-3(4)5/h4-10H,2-3H2,1H3;2H,1H2,(H,4,5). The second kappa shape index (κ2) is 10.3. The quantitative estimate of drug-likeness (QED) is 0.509. The lowest BCUT2D eigenvalue weighted by Crippen LogP contribution is -2.04. The Morgan fingerprint density at radius 1 is 1.30 bits per heavy atom. The number of carbonyl (C=O) groups is 2. The van der Waals surface area contributed by atoms with E-state index in [4.69, 9.17) is 9.84 Å². The molecule has 0 aliphatic heterocycles. The van der Waals surface area contributed by atoms with Gasteiger partial charge in [-0.1, -0.05) is 49.6 Å². The highest BCUT2D eigenvalue weighted by Crippen LogP contribution is 2.04. The molecule has 0 fully saturated rings. The van der Waals surface area contributed by atoms with E-state index in [2.05, 4.69) is 13.2 Å². The summed E-state index contributed by atoms with van der Waals surface area (Å²) < 4.78 is 4.80. The summed E-state index contributed by atoms with van der Waals surface area (Å²) in [6.45, 7) is 8.73. The minimum absolute atomic E-state index is 0.362. The molecule has 1 aromatic rings. The van der Waals surface area contributed by atoms with Gasteiger partial charge in [0, 0.05) is 6.08 Å². The fourth-order valence-electron chi connectivity index (χ4n) is 1.05. The van der Waals surface area contributed by atoms with Crippen molar-refractivity contribution in [1.29, 1.82) is 0 Å². The van der Waals surface area contributed by atoms with Crippen LogP contribution in [0.25, 0.3) is 6.08 Å². The molecule has 0 bridgehead atoms. The first-order valence-corrected chi connectivity index (χ1v) is 5.95. The highest BCUT2D eigenvalue weighted by Gasteiger charge is 2.02. The number of ether oxygens (including phenoxy) is 1. The van der Waals surface area contributed by atoms with Crippen molar-refractivity contribution in [2.24, 2.45) is 0 Å². The van der Waals surface area contributed by atoms with Crippen molar-refractivity contribution in [3.8, 4) is 0 Å². The number of hydrogen-bond donors (Lipinski definition) is 1. The van der Waals surface area contributed by atoms with Crippen LogP contribution in [0.15, 0.2) is 61.2 Å². The van der Waals surface area contributed by atoms with Gasteiger partial charge in [-0.25, -0.2) is 9.59 Å². The van der Waals surface area contributed by atoms with Crippen molar-refractivity contribution in [3.63, 3.8) is 0 Å². The Bertz CT molecular complexity index is 486. The summed E-state index contributed by atoms with van der Waals surface area (Å²) in [5, 5.41) is 7.60. The molecule has 0 saturated heterocycles. The van der Waals surface area contributed by atoms with Gasteiger partial charge in [0.1, 0.15) is 0 Å². The molecule has 1 aromatic carbocycles.